The molecule has 0 fully saturated rings. The fraction of sp³-hybridized carbons (Fsp3) is 0.125. The zero-order chi connectivity index (χ0) is 9.42. The summed E-state index contributed by atoms with van der Waals surface area (Å²) >= 11 is 1.17. The van der Waals surface area contributed by atoms with Crippen LogP contribution < -0.4 is 0 Å². The van der Waals surface area contributed by atoms with Crippen molar-refractivity contribution in [3.63, 3.8) is 0 Å². The summed E-state index contributed by atoms with van der Waals surface area (Å²) in [4.78, 5) is 19.8. The van der Waals surface area contributed by atoms with Gasteiger partial charge in [-0.1, -0.05) is 0 Å². The molecule has 0 radical (unpaired) electrons. The molecule has 2 rings (SSSR count). The Kier molecular flexibility index (Phi) is 1.73. The number of hydrogen-bond acceptors (Lipinski definition) is 4. The van der Waals surface area contributed by atoms with Crippen molar-refractivity contribution in [2.45, 2.75) is 6.92 Å². The van der Waals surface area contributed by atoms with E-state index in [4.69, 9.17) is 5.11 Å². The van der Waals surface area contributed by atoms with Crippen molar-refractivity contribution < 1.29 is 9.90 Å². The summed E-state index contributed by atoms with van der Waals surface area (Å²) in [6, 6.07) is 1.59. The van der Waals surface area contributed by atoms with Crippen LogP contribution in [0.1, 0.15) is 15.5 Å². The SMILES string of the molecule is Cc1ncc2cc(C(=O)O)sc2n1. The Labute approximate surface area is 77.9 Å². The number of carbonyl (C=O) groups is 1. The number of aryl methyl sites for hydroxylation is 1. The highest BCUT2D eigenvalue weighted by Gasteiger charge is 2.08. The van der Waals surface area contributed by atoms with Crippen LogP contribution in [-0.2, 0) is 0 Å². The van der Waals surface area contributed by atoms with E-state index in [-0.39, 0.29) is 0 Å². The minimum absolute atomic E-state index is 0.301. The number of rotatable bonds is 1. The van der Waals surface area contributed by atoms with E-state index in [1.54, 1.807) is 19.2 Å². The average molecular weight is 194 g/mol. The van der Waals surface area contributed by atoms with E-state index in [1.807, 2.05) is 0 Å². The van der Waals surface area contributed by atoms with E-state index in [0.717, 1.165) is 10.2 Å². The normalized spacial score (nSPS) is 10.5. The molecule has 0 bridgehead atoms. The van der Waals surface area contributed by atoms with Crippen LogP contribution in [0.2, 0.25) is 0 Å². The molecule has 0 spiro atoms. The van der Waals surface area contributed by atoms with Crippen LogP contribution in [0, 0.1) is 6.92 Å². The quantitative estimate of drug-likeness (QED) is 0.750. The van der Waals surface area contributed by atoms with Gasteiger partial charge < -0.3 is 5.11 Å². The molecule has 66 valence electrons. The van der Waals surface area contributed by atoms with E-state index < -0.39 is 5.97 Å². The lowest BCUT2D eigenvalue weighted by atomic mass is 10.4. The third-order valence-corrected chi connectivity index (χ3v) is 2.64. The van der Waals surface area contributed by atoms with Gasteiger partial charge in [-0.15, -0.1) is 11.3 Å². The molecule has 1 N–H and O–H groups in total. The Morgan fingerprint density at radius 1 is 1.62 bits per heavy atom. The van der Waals surface area contributed by atoms with Crippen LogP contribution in [0.25, 0.3) is 10.2 Å². The monoisotopic (exact) mass is 194 g/mol. The Balaban J connectivity index is 2.68. The summed E-state index contributed by atoms with van der Waals surface area (Å²) < 4.78 is 0. The number of hydrogen-bond donors (Lipinski definition) is 1. The molecule has 0 unspecified atom stereocenters. The highest BCUT2D eigenvalue weighted by Crippen LogP contribution is 2.22. The predicted octanol–water partition coefficient (Wildman–Crippen LogP) is 1.70. The number of aromatic carboxylic acids is 1. The molecule has 0 aliphatic rings. The number of thiophene rings is 1. The highest BCUT2D eigenvalue weighted by atomic mass is 32.1. The van der Waals surface area contributed by atoms with Crippen LogP contribution in [-0.4, -0.2) is 21.0 Å². The second kappa shape index (κ2) is 2.77. The van der Waals surface area contributed by atoms with Crippen LogP contribution in [0.3, 0.4) is 0 Å². The van der Waals surface area contributed by atoms with Crippen LogP contribution in [0.5, 0.6) is 0 Å². The Morgan fingerprint density at radius 2 is 2.38 bits per heavy atom. The summed E-state index contributed by atoms with van der Waals surface area (Å²) in [7, 11) is 0. The second-order valence-corrected chi connectivity index (χ2v) is 3.62. The van der Waals surface area contributed by atoms with Crippen molar-refractivity contribution in [1.82, 2.24) is 9.97 Å². The highest BCUT2D eigenvalue weighted by molar-refractivity contribution is 7.20. The molecule has 2 heterocycles. The molecule has 4 nitrogen and oxygen atoms in total. The molecule has 0 aliphatic carbocycles. The second-order valence-electron chi connectivity index (χ2n) is 2.59. The molecule has 0 saturated carbocycles. The molecule has 5 heteroatoms. The van der Waals surface area contributed by atoms with E-state index in [0.29, 0.717) is 10.7 Å². The van der Waals surface area contributed by atoms with Gasteiger partial charge in [0.05, 0.1) is 0 Å². The minimum Gasteiger partial charge on any atom is -0.477 e. The molecule has 0 aromatic carbocycles. The zero-order valence-electron chi connectivity index (χ0n) is 6.81. The number of nitrogens with zero attached hydrogens (tertiary/aromatic N) is 2. The first-order valence-corrected chi connectivity index (χ1v) is 4.45. The van der Waals surface area contributed by atoms with E-state index in [2.05, 4.69) is 9.97 Å². The van der Waals surface area contributed by atoms with Gasteiger partial charge in [-0.05, 0) is 13.0 Å². The topological polar surface area (TPSA) is 63.1 Å². The number of fused-ring (bicyclic) bond motifs is 1. The van der Waals surface area contributed by atoms with Gasteiger partial charge in [0.15, 0.2) is 0 Å². The lowest BCUT2D eigenvalue weighted by molar-refractivity contribution is 0.0702. The first-order valence-electron chi connectivity index (χ1n) is 3.63. The molecule has 13 heavy (non-hydrogen) atoms. The van der Waals surface area contributed by atoms with Gasteiger partial charge in [0.25, 0.3) is 0 Å². The van der Waals surface area contributed by atoms with Gasteiger partial charge in [0, 0.05) is 11.6 Å². The maximum atomic E-state index is 10.6. The average Bonchev–Trinajstić information content (AvgIpc) is 2.46. The maximum Gasteiger partial charge on any atom is 0.345 e. The van der Waals surface area contributed by atoms with Crippen molar-refractivity contribution in [2.75, 3.05) is 0 Å². The van der Waals surface area contributed by atoms with Crippen molar-refractivity contribution in [2.24, 2.45) is 0 Å². The lowest BCUT2D eigenvalue weighted by Gasteiger charge is -1.88. The molecule has 0 amide bonds. The molecule has 0 saturated heterocycles. The third-order valence-electron chi connectivity index (χ3n) is 1.60. The van der Waals surface area contributed by atoms with Crippen LogP contribution >= 0.6 is 11.3 Å². The Hall–Kier alpha value is -1.49. The van der Waals surface area contributed by atoms with Crippen LogP contribution in [0.15, 0.2) is 12.3 Å². The van der Waals surface area contributed by atoms with Crippen molar-refractivity contribution >= 4 is 27.5 Å². The van der Waals surface area contributed by atoms with Gasteiger partial charge in [0.1, 0.15) is 15.5 Å². The summed E-state index contributed by atoms with van der Waals surface area (Å²) in [5, 5.41) is 9.50. The first-order chi connectivity index (χ1) is 6.16. The number of carboxylic acids is 1. The van der Waals surface area contributed by atoms with Gasteiger partial charge >= 0.3 is 5.97 Å². The maximum absolute atomic E-state index is 10.6. The van der Waals surface area contributed by atoms with Crippen LogP contribution in [0.4, 0.5) is 0 Å². The van der Waals surface area contributed by atoms with Crippen molar-refractivity contribution in [3.8, 4) is 0 Å². The smallest absolute Gasteiger partial charge is 0.345 e. The first kappa shape index (κ1) is 8.12. The Bertz CT molecular complexity index is 478. The standard InChI is InChI=1S/C8H6N2O2S/c1-4-9-3-5-2-6(8(11)12)13-7(5)10-4/h2-3H,1H3,(H,11,12). The molecular formula is C8H6N2O2S. The number of aromatic nitrogens is 2. The van der Waals surface area contributed by atoms with Crippen molar-refractivity contribution in [1.29, 1.82) is 0 Å². The largest absolute Gasteiger partial charge is 0.477 e. The van der Waals surface area contributed by atoms with Gasteiger partial charge in [-0.2, -0.15) is 0 Å². The summed E-state index contributed by atoms with van der Waals surface area (Å²) in [6.07, 6.45) is 1.64. The fourth-order valence-electron chi connectivity index (χ4n) is 1.02. The van der Waals surface area contributed by atoms with Crippen molar-refractivity contribution in [3.05, 3.63) is 23.0 Å². The zero-order valence-corrected chi connectivity index (χ0v) is 7.63. The van der Waals surface area contributed by atoms with Gasteiger partial charge in [-0.25, -0.2) is 14.8 Å². The predicted molar refractivity (Wildman–Crippen MR) is 49.1 cm³/mol. The summed E-state index contributed by atoms with van der Waals surface area (Å²) in [5.74, 6) is -0.257. The molecule has 0 atom stereocenters. The minimum atomic E-state index is -0.916. The van der Waals surface area contributed by atoms with Gasteiger partial charge in [0.2, 0.25) is 0 Å². The molecule has 2 aromatic rings. The van der Waals surface area contributed by atoms with Gasteiger partial charge in [-0.3, -0.25) is 0 Å². The fourth-order valence-corrected chi connectivity index (χ4v) is 1.91. The molecule has 0 aliphatic heterocycles. The third kappa shape index (κ3) is 1.38. The van der Waals surface area contributed by atoms with E-state index in [1.165, 1.54) is 11.3 Å². The lowest BCUT2D eigenvalue weighted by Crippen LogP contribution is -1.89. The number of carboxylic acid groups (broad SMARTS) is 1. The van der Waals surface area contributed by atoms with E-state index >= 15 is 0 Å². The summed E-state index contributed by atoms with van der Waals surface area (Å²) in [5.41, 5.74) is 0. The Morgan fingerprint density at radius 3 is 3.08 bits per heavy atom. The molecular weight excluding hydrogens is 188 g/mol. The van der Waals surface area contributed by atoms with E-state index in [9.17, 15) is 4.79 Å². The summed E-state index contributed by atoms with van der Waals surface area (Å²) in [6.45, 7) is 1.78. The molecule has 2 aromatic heterocycles.